The van der Waals surface area contributed by atoms with E-state index >= 15 is 0 Å². The zero-order valence-corrected chi connectivity index (χ0v) is 42.4. The molecule has 0 saturated carbocycles. The maximum atomic E-state index is 2.70. The summed E-state index contributed by atoms with van der Waals surface area (Å²) in [4.78, 5) is 7.56. The summed E-state index contributed by atoms with van der Waals surface area (Å²) in [5, 5.41) is 0. The molecule has 0 bridgehead atoms. The quantitative estimate of drug-likeness (QED) is 0.150. The molecule has 1 aliphatic carbocycles. The van der Waals surface area contributed by atoms with Crippen molar-refractivity contribution in [3.05, 3.63) is 243 Å². The number of hydrogen-bond donors (Lipinski definition) is 0. The number of allylic oxidation sites excluding steroid dienone is 2. The molecule has 0 N–H and O–H groups in total. The van der Waals surface area contributed by atoms with Gasteiger partial charge in [0.25, 0.3) is 0 Å². The Bertz CT molecular complexity index is 3350. The average molecular weight is 910 g/mol. The number of para-hydroxylation sites is 1. The van der Waals surface area contributed by atoms with Crippen LogP contribution in [-0.2, 0) is 16.2 Å². The normalized spacial score (nSPS) is 17.1. The molecular weight excluding hydrogens is 847 g/mol. The van der Waals surface area contributed by atoms with E-state index in [-0.39, 0.29) is 22.3 Å². The van der Waals surface area contributed by atoms with Gasteiger partial charge in [0.2, 0.25) is 0 Å². The highest BCUT2D eigenvalue weighted by Crippen LogP contribution is 2.67. The summed E-state index contributed by atoms with van der Waals surface area (Å²) in [5.41, 5.74) is 27.7. The Morgan fingerprint density at radius 2 is 0.757 bits per heavy atom. The first-order chi connectivity index (χ1) is 33.6. The van der Waals surface area contributed by atoms with Crippen molar-refractivity contribution in [1.82, 2.24) is 0 Å². The molecule has 3 heterocycles. The number of rotatable bonds is 8. The molecule has 3 aliphatic heterocycles. The van der Waals surface area contributed by atoms with Crippen molar-refractivity contribution in [2.24, 2.45) is 0 Å². The summed E-state index contributed by atoms with van der Waals surface area (Å²) in [5.74, 6) is 0. The fourth-order valence-corrected chi connectivity index (χ4v) is 12.1. The van der Waals surface area contributed by atoms with Gasteiger partial charge in [-0.15, -0.1) is 0 Å². The molecule has 0 fully saturated rings. The highest BCUT2D eigenvalue weighted by atomic mass is 15.2. The van der Waals surface area contributed by atoms with Crippen LogP contribution in [0.1, 0.15) is 109 Å². The summed E-state index contributed by atoms with van der Waals surface area (Å²) in [6, 6.07) is 62.4. The molecule has 0 spiro atoms. The topological polar surface area (TPSA) is 9.72 Å². The summed E-state index contributed by atoms with van der Waals surface area (Å²) in [7, 11) is 0. The maximum absolute atomic E-state index is 2.70. The first kappa shape index (κ1) is 43.9. The van der Waals surface area contributed by atoms with E-state index in [0.717, 1.165) is 23.5 Å². The molecule has 12 rings (SSSR count). The Morgan fingerprint density at radius 1 is 0.400 bits per heavy atom. The molecule has 0 aromatic heterocycles. The number of hydrogen-bond acceptors (Lipinski definition) is 3. The predicted molar refractivity (Wildman–Crippen MR) is 297 cm³/mol. The standard InChI is InChI=1S/C67H63N3/c1-42-14-26-50(27-15-42)68(51-28-16-43(2)17-29-51)54-34-22-46(23-35-54)48-38-58-63-60(40-48)67(9,10)61-41-49(39-59-64(61)70(63)62-56(65(58,5)6)12-11-13-57(62)66(59,7)8)47-24-36-55(37-25-47)69(52-30-18-44(3)19-31-52)53-32-20-45(4)21-33-53/h11-36,38-41,55H,37H2,1-10H3. The van der Waals surface area contributed by atoms with Gasteiger partial charge >= 0.3 is 0 Å². The fraction of sp³-hybridized carbons (Fsp3) is 0.224. The van der Waals surface area contributed by atoms with Gasteiger partial charge in [-0.05, 0) is 175 Å². The fourth-order valence-electron chi connectivity index (χ4n) is 12.1. The monoisotopic (exact) mass is 910 g/mol. The highest BCUT2D eigenvalue weighted by Gasteiger charge is 2.52. The average Bonchev–Trinajstić information content (AvgIpc) is 3.36. The summed E-state index contributed by atoms with van der Waals surface area (Å²) in [6.45, 7) is 23.4. The van der Waals surface area contributed by atoms with Gasteiger partial charge in [0.15, 0.2) is 0 Å². The lowest BCUT2D eigenvalue weighted by molar-refractivity contribution is 0.566. The van der Waals surface area contributed by atoms with E-state index in [1.807, 2.05) is 0 Å². The third-order valence-electron chi connectivity index (χ3n) is 16.4. The first-order valence-electron chi connectivity index (χ1n) is 25.3. The van der Waals surface area contributed by atoms with Crippen LogP contribution in [-0.4, -0.2) is 6.04 Å². The summed E-state index contributed by atoms with van der Waals surface area (Å²) in [6.07, 6.45) is 8.22. The van der Waals surface area contributed by atoms with Crippen molar-refractivity contribution in [3.63, 3.8) is 0 Å². The van der Waals surface area contributed by atoms with E-state index in [4.69, 9.17) is 0 Å². The molecule has 0 amide bonds. The molecule has 0 saturated heterocycles. The van der Waals surface area contributed by atoms with E-state index < -0.39 is 0 Å². The SMILES string of the molecule is Cc1ccc(N(c2ccc(C)cc2)c2ccc(-c3cc4c5c(c3)C(C)(C)c3cc(C6=CCC(N(c7ccc(C)cc7)c7ccc(C)cc7)C=C6)cc6c3N5c3c(cccc3C4(C)C)C6(C)C)cc2)cc1. The molecule has 3 nitrogen and oxygen atoms in total. The largest absolute Gasteiger partial charge is 0.334 e. The van der Waals surface area contributed by atoms with Gasteiger partial charge in [-0.3, -0.25) is 0 Å². The minimum Gasteiger partial charge on any atom is -0.334 e. The van der Waals surface area contributed by atoms with Crippen molar-refractivity contribution in [1.29, 1.82) is 0 Å². The second kappa shape index (κ2) is 15.8. The van der Waals surface area contributed by atoms with Crippen LogP contribution in [0.15, 0.2) is 182 Å². The van der Waals surface area contributed by atoms with Crippen LogP contribution in [0.2, 0.25) is 0 Å². The van der Waals surface area contributed by atoms with Crippen LogP contribution in [0.4, 0.5) is 45.5 Å². The van der Waals surface area contributed by atoms with Crippen LogP contribution in [0.5, 0.6) is 0 Å². The number of nitrogens with zero attached hydrogens (tertiary/aromatic N) is 3. The smallest absolute Gasteiger partial charge is 0.0560 e. The van der Waals surface area contributed by atoms with E-state index in [1.165, 1.54) is 106 Å². The minimum absolute atomic E-state index is 0.186. The zero-order chi connectivity index (χ0) is 48.4. The third kappa shape index (κ3) is 6.76. The van der Waals surface area contributed by atoms with Gasteiger partial charge in [-0.25, -0.2) is 0 Å². The van der Waals surface area contributed by atoms with Gasteiger partial charge in [0, 0.05) is 44.7 Å². The molecule has 8 aromatic rings. The Hall–Kier alpha value is -7.36. The molecular formula is C67H63N3. The van der Waals surface area contributed by atoms with Crippen LogP contribution in [0.3, 0.4) is 0 Å². The first-order valence-corrected chi connectivity index (χ1v) is 25.3. The van der Waals surface area contributed by atoms with E-state index in [2.05, 4.69) is 266 Å². The third-order valence-corrected chi connectivity index (χ3v) is 16.4. The minimum atomic E-state index is -0.296. The molecule has 3 heteroatoms. The van der Waals surface area contributed by atoms with Gasteiger partial charge in [0.1, 0.15) is 0 Å². The van der Waals surface area contributed by atoms with Gasteiger partial charge in [-0.1, -0.05) is 161 Å². The molecule has 4 aliphatic rings. The molecule has 8 aromatic carbocycles. The maximum Gasteiger partial charge on any atom is 0.0560 e. The van der Waals surface area contributed by atoms with Crippen LogP contribution < -0.4 is 14.7 Å². The second-order valence-corrected chi connectivity index (χ2v) is 22.2. The Morgan fingerprint density at radius 3 is 1.16 bits per heavy atom. The molecule has 1 unspecified atom stereocenters. The van der Waals surface area contributed by atoms with E-state index in [1.54, 1.807) is 0 Å². The lowest BCUT2D eigenvalue weighted by atomic mass is 9.60. The molecule has 1 atom stereocenters. The summed E-state index contributed by atoms with van der Waals surface area (Å²) >= 11 is 0. The predicted octanol–water partition coefficient (Wildman–Crippen LogP) is 18.0. The van der Waals surface area contributed by atoms with E-state index in [9.17, 15) is 0 Å². The van der Waals surface area contributed by atoms with Crippen LogP contribution in [0.25, 0.3) is 16.7 Å². The Balaban J connectivity index is 0.976. The lowest BCUT2D eigenvalue weighted by Crippen LogP contribution is -2.43. The Labute approximate surface area is 416 Å². The zero-order valence-electron chi connectivity index (χ0n) is 42.4. The van der Waals surface area contributed by atoms with E-state index in [0.29, 0.717) is 0 Å². The molecule has 346 valence electrons. The number of anilines is 8. The van der Waals surface area contributed by atoms with Crippen molar-refractivity contribution in [2.75, 3.05) is 14.7 Å². The van der Waals surface area contributed by atoms with Crippen LogP contribution >= 0.6 is 0 Å². The number of benzene rings is 8. The summed E-state index contributed by atoms with van der Waals surface area (Å²) < 4.78 is 0. The van der Waals surface area contributed by atoms with Crippen molar-refractivity contribution in [3.8, 4) is 11.1 Å². The molecule has 70 heavy (non-hydrogen) atoms. The van der Waals surface area contributed by atoms with Gasteiger partial charge in [0.05, 0.1) is 23.1 Å². The van der Waals surface area contributed by atoms with Crippen LogP contribution in [0, 0.1) is 27.7 Å². The van der Waals surface area contributed by atoms with Gasteiger partial charge < -0.3 is 14.7 Å². The molecule has 0 radical (unpaired) electrons. The van der Waals surface area contributed by atoms with Crippen molar-refractivity contribution < 1.29 is 0 Å². The van der Waals surface area contributed by atoms with Crippen molar-refractivity contribution >= 4 is 51.1 Å². The second-order valence-electron chi connectivity index (χ2n) is 22.2. The lowest BCUT2D eigenvalue weighted by Gasteiger charge is -2.55. The Kier molecular flexibility index (Phi) is 9.93. The highest BCUT2D eigenvalue weighted by molar-refractivity contribution is 6.00. The number of aryl methyl sites for hydroxylation is 4. The van der Waals surface area contributed by atoms with Crippen molar-refractivity contribution in [2.45, 2.75) is 97.9 Å². The van der Waals surface area contributed by atoms with Gasteiger partial charge in [-0.2, -0.15) is 0 Å².